The van der Waals surface area contributed by atoms with Crippen LogP contribution in [0, 0.1) is 17.8 Å². The number of hydrogen-bond acceptors (Lipinski definition) is 1. The van der Waals surface area contributed by atoms with Gasteiger partial charge in [-0.1, -0.05) is 13.3 Å². The fourth-order valence-electron chi connectivity index (χ4n) is 2.89. The predicted octanol–water partition coefficient (Wildman–Crippen LogP) is 1.59. The summed E-state index contributed by atoms with van der Waals surface area (Å²) >= 11 is 0. The molecule has 0 aromatic heterocycles. The second kappa shape index (κ2) is 2.23. The van der Waals surface area contributed by atoms with Crippen LogP contribution in [0.3, 0.4) is 0 Å². The summed E-state index contributed by atoms with van der Waals surface area (Å²) < 4.78 is 0. The van der Waals surface area contributed by atoms with Gasteiger partial charge in [-0.25, -0.2) is 0 Å². The molecule has 0 aromatic carbocycles. The first-order valence-electron chi connectivity index (χ1n) is 4.49. The summed E-state index contributed by atoms with van der Waals surface area (Å²) in [5, 5.41) is 0. The van der Waals surface area contributed by atoms with Gasteiger partial charge in [-0.15, -0.1) is 0 Å². The summed E-state index contributed by atoms with van der Waals surface area (Å²) in [6, 6.07) is 0. The number of rotatable bonds is 1. The van der Waals surface area contributed by atoms with E-state index in [1.807, 2.05) is 0 Å². The zero-order valence-electron chi connectivity index (χ0n) is 7.01. The van der Waals surface area contributed by atoms with E-state index in [4.69, 9.17) is 0 Å². The maximum absolute atomic E-state index is 2.49. The molecular weight excluding hydrogens is 122 g/mol. The van der Waals surface area contributed by atoms with E-state index < -0.39 is 0 Å². The molecule has 0 spiro atoms. The van der Waals surface area contributed by atoms with Crippen molar-refractivity contribution in [2.24, 2.45) is 17.8 Å². The van der Waals surface area contributed by atoms with E-state index in [-0.39, 0.29) is 0 Å². The first-order valence-corrected chi connectivity index (χ1v) is 4.49. The molecule has 10 heavy (non-hydrogen) atoms. The van der Waals surface area contributed by atoms with Crippen molar-refractivity contribution in [1.29, 1.82) is 0 Å². The highest BCUT2D eigenvalue weighted by molar-refractivity contribution is 4.95. The Morgan fingerprint density at radius 3 is 2.40 bits per heavy atom. The molecule has 1 saturated carbocycles. The normalized spacial score (nSPS) is 46.8. The third-order valence-corrected chi connectivity index (χ3v) is 3.38. The molecule has 58 valence electrons. The second-order valence-corrected chi connectivity index (χ2v) is 4.05. The van der Waals surface area contributed by atoms with Crippen LogP contribution in [0.1, 0.15) is 19.8 Å². The van der Waals surface area contributed by atoms with E-state index in [0.29, 0.717) is 0 Å². The topological polar surface area (TPSA) is 3.24 Å². The van der Waals surface area contributed by atoms with E-state index in [0.717, 1.165) is 17.8 Å². The molecule has 3 fully saturated rings. The first kappa shape index (κ1) is 6.66. The Morgan fingerprint density at radius 1 is 1.30 bits per heavy atom. The Bertz CT molecular complexity index is 121. The van der Waals surface area contributed by atoms with Crippen molar-refractivity contribution in [3.8, 4) is 0 Å². The molecular formula is C9H17N. The minimum Gasteiger partial charge on any atom is -0.306 e. The number of piperidine rings is 2. The average Bonchev–Trinajstić information content (AvgIpc) is 1.87. The van der Waals surface area contributed by atoms with E-state index >= 15 is 0 Å². The van der Waals surface area contributed by atoms with Crippen LogP contribution in [0.15, 0.2) is 0 Å². The first-order chi connectivity index (χ1) is 4.81. The van der Waals surface area contributed by atoms with Gasteiger partial charge in [0.1, 0.15) is 0 Å². The van der Waals surface area contributed by atoms with Gasteiger partial charge in [0.05, 0.1) is 0 Å². The quantitative estimate of drug-likeness (QED) is 0.533. The van der Waals surface area contributed by atoms with Crippen molar-refractivity contribution in [1.82, 2.24) is 4.90 Å². The molecule has 3 rings (SSSR count). The molecule has 2 heterocycles. The Hall–Kier alpha value is -0.0400. The van der Waals surface area contributed by atoms with Gasteiger partial charge in [0, 0.05) is 13.1 Å². The Labute approximate surface area is 63.4 Å². The zero-order valence-corrected chi connectivity index (χ0v) is 7.01. The van der Waals surface area contributed by atoms with Crippen LogP contribution in [0.5, 0.6) is 0 Å². The lowest BCUT2D eigenvalue weighted by Crippen LogP contribution is -2.53. The summed E-state index contributed by atoms with van der Waals surface area (Å²) in [5.41, 5.74) is 0. The maximum atomic E-state index is 2.49. The Kier molecular flexibility index (Phi) is 1.48. The molecule has 0 radical (unpaired) electrons. The van der Waals surface area contributed by atoms with Crippen LogP contribution in [0.4, 0.5) is 0 Å². The molecule has 2 bridgehead atoms. The average molecular weight is 139 g/mol. The predicted molar refractivity (Wildman–Crippen MR) is 42.9 cm³/mol. The van der Waals surface area contributed by atoms with Gasteiger partial charge in [0.15, 0.2) is 0 Å². The highest BCUT2D eigenvalue weighted by atomic mass is 15.1. The standard InChI is InChI=1S/C9H17N/c1-3-9-7-4-8(9)6-10(2)5-7/h7-9H,3-6H2,1-2H3/t7-,8+,9?. The molecule has 0 aromatic rings. The highest BCUT2D eigenvalue weighted by Gasteiger charge is 2.43. The van der Waals surface area contributed by atoms with Gasteiger partial charge in [-0.05, 0) is 31.2 Å². The van der Waals surface area contributed by atoms with Crippen LogP contribution in [-0.2, 0) is 0 Å². The summed E-state index contributed by atoms with van der Waals surface area (Å²) in [7, 11) is 2.26. The lowest BCUT2D eigenvalue weighted by atomic mass is 9.61. The van der Waals surface area contributed by atoms with E-state index in [2.05, 4.69) is 18.9 Å². The number of nitrogens with zero attached hydrogens (tertiary/aromatic N) is 1. The van der Waals surface area contributed by atoms with Gasteiger partial charge >= 0.3 is 0 Å². The monoisotopic (exact) mass is 139 g/mol. The number of fused-ring (bicyclic) bond motifs is 2. The van der Waals surface area contributed by atoms with Crippen LogP contribution in [0.25, 0.3) is 0 Å². The van der Waals surface area contributed by atoms with Gasteiger partial charge < -0.3 is 4.90 Å². The highest BCUT2D eigenvalue weighted by Crippen LogP contribution is 2.46. The van der Waals surface area contributed by atoms with Crippen molar-refractivity contribution in [3.63, 3.8) is 0 Å². The lowest BCUT2D eigenvalue weighted by Gasteiger charge is -2.52. The van der Waals surface area contributed by atoms with Crippen molar-refractivity contribution >= 4 is 0 Å². The SMILES string of the molecule is CCC1[C@@H]2C[C@H]1CN(C)C2. The lowest BCUT2D eigenvalue weighted by molar-refractivity contribution is -0.0337. The number of hydrogen-bond donors (Lipinski definition) is 0. The third-order valence-electron chi connectivity index (χ3n) is 3.38. The van der Waals surface area contributed by atoms with E-state index in [9.17, 15) is 0 Å². The summed E-state index contributed by atoms with van der Waals surface area (Å²) in [5.74, 6) is 3.22. The smallest absolute Gasteiger partial charge is 0.000959 e. The summed E-state index contributed by atoms with van der Waals surface area (Å²) in [6.45, 7) is 5.08. The largest absolute Gasteiger partial charge is 0.306 e. The Balaban J connectivity index is 1.96. The Morgan fingerprint density at radius 2 is 1.90 bits per heavy atom. The van der Waals surface area contributed by atoms with Crippen molar-refractivity contribution in [2.45, 2.75) is 19.8 Å². The van der Waals surface area contributed by atoms with Gasteiger partial charge in [-0.3, -0.25) is 0 Å². The molecule has 1 heteroatoms. The molecule has 3 atom stereocenters. The van der Waals surface area contributed by atoms with Crippen molar-refractivity contribution in [3.05, 3.63) is 0 Å². The minimum absolute atomic E-state index is 1.06. The minimum atomic E-state index is 1.06. The van der Waals surface area contributed by atoms with Gasteiger partial charge in [0.25, 0.3) is 0 Å². The van der Waals surface area contributed by atoms with Gasteiger partial charge in [0.2, 0.25) is 0 Å². The molecule has 2 saturated heterocycles. The van der Waals surface area contributed by atoms with Crippen LogP contribution in [-0.4, -0.2) is 25.0 Å². The molecule has 1 aliphatic carbocycles. The van der Waals surface area contributed by atoms with Gasteiger partial charge in [-0.2, -0.15) is 0 Å². The van der Waals surface area contributed by atoms with Crippen LogP contribution >= 0.6 is 0 Å². The molecule has 1 unspecified atom stereocenters. The molecule has 3 aliphatic rings. The molecule has 0 amide bonds. The van der Waals surface area contributed by atoms with E-state index in [1.54, 1.807) is 0 Å². The van der Waals surface area contributed by atoms with Crippen LogP contribution in [0.2, 0.25) is 0 Å². The molecule has 1 nitrogen and oxygen atoms in total. The molecule has 2 aliphatic heterocycles. The third kappa shape index (κ3) is 0.800. The fraction of sp³-hybridized carbons (Fsp3) is 1.00. The zero-order chi connectivity index (χ0) is 7.14. The summed E-state index contributed by atoms with van der Waals surface area (Å²) in [6.07, 6.45) is 2.95. The van der Waals surface area contributed by atoms with Crippen LogP contribution < -0.4 is 0 Å². The molecule has 0 N–H and O–H groups in total. The summed E-state index contributed by atoms with van der Waals surface area (Å²) in [4.78, 5) is 2.49. The van der Waals surface area contributed by atoms with Crippen molar-refractivity contribution in [2.75, 3.05) is 20.1 Å². The van der Waals surface area contributed by atoms with E-state index in [1.165, 1.54) is 25.9 Å². The maximum Gasteiger partial charge on any atom is 0.000959 e. The fourth-order valence-corrected chi connectivity index (χ4v) is 2.89. The van der Waals surface area contributed by atoms with Crippen molar-refractivity contribution < 1.29 is 0 Å². The second-order valence-electron chi connectivity index (χ2n) is 4.05.